The molecule has 13 heavy (non-hydrogen) atoms. The van der Waals surface area contributed by atoms with Gasteiger partial charge in [0.15, 0.2) is 11.8 Å². The van der Waals surface area contributed by atoms with Crippen molar-refractivity contribution < 1.29 is 14.7 Å². The van der Waals surface area contributed by atoms with Crippen LogP contribution in [0.2, 0.25) is 0 Å². The number of nitrogens with one attached hydrogen (secondary N) is 1. The summed E-state index contributed by atoms with van der Waals surface area (Å²) in [6, 6.07) is -0.219. The van der Waals surface area contributed by atoms with Crippen LogP contribution < -0.4 is 5.32 Å². The van der Waals surface area contributed by atoms with Crippen LogP contribution in [-0.2, 0) is 9.59 Å². The number of rotatable bonds is 0. The maximum absolute atomic E-state index is 10.4. The van der Waals surface area contributed by atoms with Crippen LogP contribution in [0, 0.1) is 0 Å². The first kappa shape index (κ1) is 8.08. The van der Waals surface area contributed by atoms with Crippen LogP contribution in [0.25, 0.3) is 0 Å². The Morgan fingerprint density at radius 2 is 2.23 bits per heavy atom. The second kappa shape index (κ2) is 2.75. The van der Waals surface area contributed by atoms with Crippen molar-refractivity contribution in [2.24, 2.45) is 0 Å². The van der Waals surface area contributed by atoms with Gasteiger partial charge in [0.1, 0.15) is 11.6 Å². The minimum absolute atomic E-state index is 0.219. The molecule has 2 saturated heterocycles. The highest BCUT2D eigenvalue weighted by Crippen LogP contribution is 2.29. The van der Waals surface area contributed by atoms with Crippen molar-refractivity contribution >= 4 is 11.9 Å². The summed E-state index contributed by atoms with van der Waals surface area (Å²) >= 11 is 0. The second-order valence-corrected chi connectivity index (χ2v) is 3.15. The zero-order valence-electron chi connectivity index (χ0n) is 6.78. The first-order chi connectivity index (χ1) is 6.26. The molecule has 2 N–H and O–H groups in total. The van der Waals surface area contributed by atoms with Crippen LogP contribution in [0.15, 0.2) is 11.5 Å². The van der Waals surface area contributed by atoms with Gasteiger partial charge >= 0.3 is 0 Å². The molecule has 5 nitrogen and oxygen atoms in total. The summed E-state index contributed by atoms with van der Waals surface area (Å²) in [6.45, 7) is 0.368. The number of aliphatic hydroxyl groups is 1. The minimum atomic E-state index is -0.487. The molecule has 0 spiro atoms. The summed E-state index contributed by atoms with van der Waals surface area (Å²) in [5, 5.41) is 11.9. The number of aliphatic hydroxyl groups excluding tert-OH is 1. The third-order valence-electron chi connectivity index (χ3n) is 2.36. The van der Waals surface area contributed by atoms with Gasteiger partial charge in [-0.1, -0.05) is 0 Å². The molecular formula is C8H8N2O3. The maximum Gasteiger partial charge on any atom is 0.194 e. The fraction of sp³-hybridized carbons (Fsp3) is 0.500. The average Bonchev–Trinajstić information content (AvgIpc) is 2.61. The van der Waals surface area contributed by atoms with Gasteiger partial charge < -0.3 is 15.3 Å². The van der Waals surface area contributed by atoms with E-state index in [0.29, 0.717) is 18.7 Å². The SMILES string of the molecule is O=C=C1NC(=C=O)N2CC(O)CC12. The van der Waals surface area contributed by atoms with Gasteiger partial charge in [-0.05, 0) is 0 Å². The normalized spacial score (nSPS) is 31.0. The van der Waals surface area contributed by atoms with E-state index in [-0.39, 0.29) is 11.9 Å². The molecule has 0 aromatic rings. The lowest BCUT2D eigenvalue weighted by atomic mass is 10.2. The van der Waals surface area contributed by atoms with E-state index in [1.807, 2.05) is 0 Å². The molecule has 2 aliphatic heterocycles. The average molecular weight is 180 g/mol. The van der Waals surface area contributed by atoms with Crippen molar-refractivity contribution in [3.63, 3.8) is 0 Å². The highest BCUT2D eigenvalue weighted by atomic mass is 16.3. The monoisotopic (exact) mass is 180 g/mol. The Bertz CT molecular complexity index is 307. The molecule has 5 heteroatoms. The molecule has 0 bridgehead atoms. The molecule has 2 aliphatic rings. The summed E-state index contributed by atoms with van der Waals surface area (Å²) in [5.74, 6) is 3.64. The first-order valence-electron chi connectivity index (χ1n) is 3.98. The largest absolute Gasteiger partial charge is 0.391 e. The van der Waals surface area contributed by atoms with Crippen molar-refractivity contribution in [2.75, 3.05) is 6.54 Å². The van der Waals surface area contributed by atoms with E-state index in [4.69, 9.17) is 0 Å². The molecule has 0 aromatic carbocycles. The maximum atomic E-state index is 10.4. The van der Waals surface area contributed by atoms with Crippen molar-refractivity contribution in [2.45, 2.75) is 18.6 Å². The van der Waals surface area contributed by atoms with Gasteiger partial charge in [0, 0.05) is 13.0 Å². The van der Waals surface area contributed by atoms with Crippen molar-refractivity contribution in [1.29, 1.82) is 0 Å². The zero-order chi connectivity index (χ0) is 9.42. The zero-order valence-corrected chi connectivity index (χ0v) is 6.78. The molecule has 2 atom stereocenters. The predicted molar refractivity (Wildman–Crippen MR) is 42.7 cm³/mol. The van der Waals surface area contributed by atoms with E-state index in [9.17, 15) is 14.7 Å². The van der Waals surface area contributed by atoms with Gasteiger partial charge in [-0.25, -0.2) is 9.59 Å². The number of fused-ring (bicyclic) bond motifs is 1. The van der Waals surface area contributed by atoms with E-state index < -0.39 is 6.10 Å². The third kappa shape index (κ3) is 1.07. The first-order valence-corrected chi connectivity index (χ1v) is 3.98. The standard InChI is InChI=1S/C8H8N2O3/c11-3-6-7-1-5(13)2-10(7)8(4-12)9-6/h5,7,9,13H,1-2H2. The fourth-order valence-corrected chi connectivity index (χ4v) is 1.79. The van der Waals surface area contributed by atoms with Crippen molar-refractivity contribution in [3.05, 3.63) is 11.5 Å². The minimum Gasteiger partial charge on any atom is -0.391 e. The smallest absolute Gasteiger partial charge is 0.194 e. The highest BCUT2D eigenvalue weighted by Gasteiger charge is 2.41. The Kier molecular flexibility index (Phi) is 1.71. The quantitative estimate of drug-likeness (QED) is 0.440. The van der Waals surface area contributed by atoms with Crippen LogP contribution in [-0.4, -0.2) is 40.6 Å². The van der Waals surface area contributed by atoms with E-state index in [1.165, 1.54) is 0 Å². The molecule has 0 amide bonds. The Morgan fingerprint density at radius 1 is 1.46 bits per heavy atom. The molecule has 2 rings (SSSR count). The Labute approximate surface area is 74.3 Å². The number of carbonyl (C=O) groups excluding carboxylic acids is 2. The van der Waals surface area contributed by atoms with Gasteiger partial charge in [-0.15, -0.1) is 0 Å². The lowest BCUT2D eigenvalue weighted by Crippen LogP contribution is -2.24. The number of hydrogen-bond acceptors (Lipinski definition) is 5. The summed E-state index contributed by atoms with van der Waals surface area (Å²) in [7, 11) is 0. The fourth-order valence-electron chi connectivity index (χ4n) is 1.79. The molecule has 0 radical (unpaired) electrons. The summed E-state index contributed by atoms with van der Waals surface area (Å²) in [5.41, 5.74) is 0.315. The van der Waals surface area contributed by atoms with Crippen LogP contribution in [0.3, 0.4) is 0 Å². The van der Waals surface area contributed by atoms with Crippen LogP contribution in [0.5, 0.6) is 0 Å². The lowest BCUT2D eigenvalue weighted by Gasteiger charge is -2.12. The number of hydrogen-bond donors (Lipinski definition) is 2. The predicted octanol–water partition coefficient (Wildman–Crippen LogP) is -1.59. The summed E-state index contributed by atoms with van der Waals surface area (Å²) in [6.07, 6.45) is -0.0262. The molecule has 2 fully saturated rings. The number of nitrogens with zero attached hydrogens (tertiary/aromatic N) is 1. The van der Waals surface area contributed by atoms with Gasteiger partial charge in [0.05, 0.1) is 12.1 Å². The van der Waals surface area contributed by atoms with E-state index in [2.05, 4.69) is 5.32 Å². The molecule has 68 valence electrons. The van der Waals surface area contributed by atoms with E-state index >= 15 is 0 Å². The van der Waals surface area contributed by atoms with Gasteiger partial charge in [-0.2, -0.15) is 0 Å². The van der Waals surface area contributed by atoms with Gasteiger partial charge in [0.2, 0.25) is 0 Å². The lowest BCUT2D eigenvalue weighted by molar-refractivity contribution is 0.183. The van der Waals surface area contributed by atoms with Crippen LogP contribution in [0.1, 0.15) is 6.42 Å². The molecule has 2 unspecified atom stereocenters. The molecule has 2 heterocycles. The van der Waals surface area contributed by atoms with Crippen LogP contribution in [0.4, 0.5) is 0 Å². The Morgan fingerprint density at radius 3 is 2.85 bits per heavy atom. The van der Waals surface area contributed by atoms with Crippen LogP contribution >= 0.6 is 0 Å². The summed E-state index contributed by atoms with van der Waals surface area (Å²) < 4.78 is 0. The van der Waals surface area contributed by atoms with E-state index in [1.54, 1.807) is 16.8 Å². The Balaban J connectivity index is 2.37. The van der Waals surface area contributed by atoms with Crippen molar-refractivity contribution in [1.82, 2.24) is 10.2 Å². The molecule has 0 saturated carbocycles. The molecular weight excluding hydrogens is 172 g/mol. The third-order valence-corrected chi connectivity index (χ3v) is 2.36. The summed E-state index contributed by atoms with van der Waals surface area (Å²) in [4.78, 5) is 22.5. The highest BCUT2D eigenvalue weighted by molar-refractivity contribution is 5.62. The topological polar surface area (TPSA) is 69.6 Å². The van der Waals surface area contributed by atoms with Crippen molar-refractivity contribution in [3.8, 4) is 0 Å². The second-order valence-electron chi connectivity index (χ2n) is 3.15. The van der Waals surface area contributed by atoms with E-state index in [0.717, 1.165) is 0 Å². The Hall–Kier alpha value is -1.54. The van der Waals surface area contributed by atoms with Gasteiger partial charge in [0.25, 0.3) is 0 Å². The molecule has 0 aliphatic carbocycles. The molecule has 0 aromatic heterocycles. The van der Waals surface area contributed by atoms with Gasteiger partial charge in [-0.3, -0.25) is 0 Å².